The standard InChI is InChI=1S/C19H31N3O3/c1-13-6-8-15(9-7-13)22-19(20-2)21-12-14-10-17(24-4)18(25-5)11-16(14)23-3/h10-11,13,15H,6-9,12H2,1-5H3,(H2,20,21,22). The van der Waals surface area contributed by atoms with Crippen molar-refractivity contribution in [3.8, 4) is 17.2 Å². The highest BCUT2D eigenvalue weighted by atomic mass is 16.5. The maximum Gasteiger partial charge on any atom is 0.191 e. The molecule has 6 nitrogen and oxygen atoms in total. The van der Waals surface area contributed by atoms with Crippen LogP contribution in [0, 0.1) is 5.92 Å². The van der Waals surface area contributed by atoms with Crippen LogP contribution in [0.2, 0.25) is 0 Å². The second kappa shape index (κ2) is 9.39. The fraction of sp³-hybridized carbons (Fsp3) is 0.632. The highest BCUT2D eigenvalue weighted by Crippen LogP contribution is 2.34. The Labute approximate surface area is 151 Å². The number of guanidine groups is 1. The van der Waals surface area contributed by atoms with E-state index in [-0.39, 0.29) is 0 Å². The van der Waals surface area contributed by atoms with E-state index < -0.39 is 0 Å². The number of nitrogens with zero attached hydrogens (tertiary/aromatic N) is 1. The van der Waals surface area contributed by atoms with Crippen molar-refractivity contribution in [2.75, 3.05) is 28.4 Å². The molecule has 1 aliphatic carbocycles. The van der Waals surface area contributed by atoms with Gasteiger partial charge in [0, 0.05) is 31.3 Å². The van der Waals surface area contributed by atoms with Crippen LogP contribution in [0.15, 0.2) is 17.1 Å². The Morgan fingerprint density at radius 1 is 1.00 bits per heavy atom. The molecule has 0 bridgehead atoms. The minimum atomic E-state index is 0.495. The fourth-order valence-electron chi connectivity index (χ4n) is 3.20. The number of methoxy groups -OCH3 is 3. The van der Waals surface area contributed by atoms with Crippen molar-refractivity contribution in [3.63, 3.8) is 0 Å². The van der Waals surface area contributed by atoms with Gasteiger partial charge in [0.1, 0.15) is 5.75 Å². The third-order valence-electron chi connectivity index (χ3n) is 4.81. The van der Waals surface area contributed by atoms with Gasteiger partial charge in [0.15, 0.2) is 17.5 Å². The second-order valence-electron chi connectivity index (χ2n) is 6.55. The van der Waals surface area contributed by atoms with Crippen LogP contribution in [0.3, 0.4) is 0 Å². The first-order chi connectivity index (χ1) is 12.1. The molecular weight excluding hydrogens is 318 g/mol. The summed E-state index contributed by atoms with van der Waals surface area (Å²) in [6.07, 6.45) is 4.94. The fourth-order valence-corrected chi connectivity index (χ4v) is 3.20. The van der Waals surface area contributed by atoms with Crippen molar-refractivity contribution < 1.29 is 14.2 Å². The maximum absolute atomic E-state index is 5.48. The van der Waals surface area contributed by atoms with Gasteiger partial charge in [-0.15, -0.1) is 0 Å². The van der Waals surface area contributed by atoms with Gasteiger partial charge in [0.05, 0.1) is 21.3 Å². The van der Waals surface area contributed by atoms with Crippen LogP contribution in [-0.4, -0.2) is 40.4 Å². The lowest BCUT2D eigenvalue weighted by atomic mass is 9.87. The van der Waals surface area contributed by atoms with Crippen molar-refractivity contribution in [1.82, 2.24) is 10.6 Å². The number of rotatable bonds is 6. The van der Waals surface area contributed by atoms with Crippen LogP contribution >= 0.6 is 0 Å². The van der Waals surface area contributed by atoms with E-state index in [0.29, 0.717) is 24.1 Å². The van der Waals surface area contributed by atoms with E-state index >= 15 is 0 Å². The molecule has 0 amide bonds. The average molecular weight is 349 g/mol. The quantitative estimate of drug-likeness (QED) is 0.611. The monoisotopic (exact) mass is 349 g/mol. The zero-order valence-corrected chi connectivity index (χ0v) is 16.0. The number of hydrogen-bond donors (Lipinski definition) is 2. The van der Waals surface area contributed by atoms with Crippen LogP contribution in [0.25, 0.3) is 0 Å². The van der Waals surface area contributed by atoms with Crippen molar-refractivity contribution >= 4 is 5.96 Å². The summed E-state index contributed by atoms with van der Waals surface area (Å²) >= 11 is 0. The molecule has 0 saturated heterocycles. The number of hydrogen-bond acceptors (Lipinski definition) is 4. The number of aliphatic imine (C=N–C) groups is 1. The SMILES string of the molecule is CN=C(NCc1cc(OC)c(OC)cc1OC)NC1CCC(C)CC1. The molecule has 0 heterocycles. The molecule has 0 radical (unpaired) electrons. The third-order valence-corrected chi connectivity index (χ3v) is 4.81. The molecule has 1 aromatic carbocycles. The van der Waals surface area contributed by atoms with Crippen molar-refractivity contribution in [3.05, 3.63) is 17.7 Å². The van der Waals surface area contributed by atoms with E-state index in [2.05, 4.69) is 22.5 Å². The van der Waals surface area contributed by atoms with Crippen molar-refractivity contribution in [1.29, 1.82) is 0 Å². The molecule has 1 saturated carbocycles. The normalized spacial score (nSPS) is 20.8. The summed E-state index contributed by atoms with van der Waals surface area (Å²) < 4.78 is 16.2. The van der Waals surface area contributed by atoms with Gasteiger partial charge in [-0.25, -0.2) is 0 Å². The van der Waals surface area contributed by atoms with Gasteiger partial charge in [-0.3, -0.25) is 4.99 Å². The van der Waals surface area contributed by atoms with Crippen LogP contribution in [-0.2, 0) is 6.54 Å². The van der Waals surface area contributed by atoms with Gasteiger partial charge >= 0.3 is 0 Å². The lowest BCUT2D eigenvalue weighted by molar-refractivity contribution is 0.329. The van der Waals surface area contributed by atoms with E-state index in [4.69, 9.17) is 14.2 Å². The zero-order valence-electron chi connectivity index (χ0n) is 16.0. The zero-order chi connectivity index (χ0) is 18.2. The summed E-state index contributed by atoms with van der Waals surface area (Å²) in [5, 5.41) is 6.90. The molecule has 0 aliphatic heterocycles. The van der Waals surface area contributed by atoms with Crippen LogP contribution in [0.1, 0.15) is 38.2 Å². The molecule has 2 N–H and O–H groups in total. The first-order valence-corrected chi connectivity index (χ1v) is 8.87. The Morgan fingerprint density at radius 2 is 1.60 bits per heavy atom. The topological polar surface area (TPSA) is 64.1 Å². The molecule has 6 heteroatoms. The van der Waals surface area contributed by atoms with Crippen molar-refractivity contribution in [2.24, 2.45) is 10.9 Å². The lowest BCUT2D eigenvalue weighted by Crippen LogP contribution is -2.44. The van der Waals surface area contributed by atoms with E-state index in [1.54, 1.807) is 28.4 Å². The predicted molar refractivity (Wildman–Crippen MR) is 101 cm³/mol. The van der Waals surface area contributed by atoms with E-state index in [1.807, 2.05) is 12.1 Å². The molecule has 1 fully saturated rings. The summed E-state index contributed by atoms with van der Waals surface area (Å²) in [4.78, 5) is 4.35. The Kier molecular flexibility index (Phi) is 7.22. The van der Waals surface area contributed by atoms with Crippen LogP contribution < -0.4 is 24.8 Å². The smallest absolute Gasteiger partial charge is 0.191 e. The summed E-state index contributed by atoms with van der Waals surface area (Å²) in [5.41, 5.74) is 0.986. The maximum atomic E-state index is 5.48. The lowest BCUT2D eigenvalue weighted by Gasteiger charge is -2.28. The van der Waals surface area contributed by atoms with E-state index in [1.165, 1.54) is 25.7 Å². The van der Waals surface area contributed by atoms with Crippen molar-refractivity contribution in [2.45, 2.75) is 45.2 Å². The van der Waals surface area contributed by atoms with E-state index in [0.717, 1.165) is 23.2 Å². The molecule has 25 heavy (non-hydrogen) atoms. The molecule has 0 atom stereocenters. The Morgan fingerprint density at radius 3 is 2.16 bits per heavy atom. The van der Waals surface area contributed by atoms with Gasteiger partial charge in [0.2, 0.25) is 0 Å². The highest BCUT2D eigenvalue weighted by molar-refractivity contribution is 5.80. The second-order valence-corrected chi connectivity index (χ2v) is 6.55. The number of benzene rings is 1. The Hall–Kier alpha value is -2.11. The van der Waals surface area contributed by atoms with Gasteiger partial charge < -0.3 is 24.8 Å². The average Bonchev–Trinajstić information content (AvgIpc) is 2.65. The summed E-state index contributed by atoms with van der Waals surface area (Å²) in [7, 11) is 6.70. The molecule has 140 valence electrons. The largest absolute Gasteiger partial charge is 0.496 e. The molecule has 1 aliphatic rings. The minimum Gasteiger partial charge on any atom is -0.496 e. The molecular formula is C19H31N3O3. The molecule has 0 unspecified atom stereocenters. The first-order valence-electron chi connectivity index (χ1n) is 8.87. The third kappa shape index (κ3) is 5.18. The Balaban J connectivity index is 2.00. The van der Waals surface area contributed by atoms with E-state index in [9.17, 15) is 0 Å². The molecule has 1 aromatic rings. The number of nitrogens with one attached hydrogen (secondary N) is 2. The summed E-state index contributed by atoms with van der Waals surface area (Å²) in [5.74, 6) is 3.75. The predicted octanol–water partition coefficient (Wildman–Crippen LogP) is 2.96. The summed E-state index contributed by atoms with van der Waals surface area (Å²) in [6, 6.07) is 4.27. The highest BCUT2D eigenvalue weighted by Gasteiger charge is 2.19. The van der Waals surface area contributed by atoms with Gasteiger partial charge in [0.25, 0.3) is 0 Å². The number of ether oxygens (including phenoxy) is 3. The van der Waals surface area contributed by atoms with Gasteiger partial charge in [-0.05, 0) is 37.7 Å². The van der Waals surface area contributed by atoms with Gasteiger partial charge in [-0.2, -0.15) is 0 Å². The first kappa shape index (κ1) is 19.2. The van der Waals surface area contributed by atoms with Crippen LogP contribution in [0.5, 0.6) is 17.2 Å². The molecule has 0 aromatic heterocycles. The molecule has 0 spiro atoms. The Bertz CT molecular complexity index is 582. The summed E-state index contributed by atoms with van der Waals surface area (Å²) in [6.45, 7) is 2.92. The van der Waals surface area contributed by atoms with Crippen LogP contribution in [0.4, 0.5) is 0 Å². The molecule has 2 rings (SSSR count). The van der Waals surface area contributed by atoms with Gasteiger partial charge in [-0.1, -0.05) is 6.92 Å². The minimum absolute atomic E-state index is 0.495.